The summed E-state index contributed by atoms with van der Waals surface area (Å²) in [6, 6.07) is 0. The molecule has 0 amide bonds. The van der Waals surface area contributed by atoms with Crippen molar-refractivity contribution in [2.24, 2.45) is 5.92 Å². The van der Waals surface area contributed by atoms with Crippen LogP contribution in [-0.2, 0) is 65.4 Å². The lowest BCUT2D eigenvalue weighted by Crippen LogP contribution is -2.30. The predicted octanol–water partition coefficient (Wildman–Crippen LogP) is 24.0. The van der Waals surface area contributed by atoms with E-state index in [0.29, 0.717) is 25.7 Å². The van der Waals surface area contributed by atoms with Crippen molar-refractivity contribution in [1.29, 1.82) is 0 Å². The number of esters is 4. The normalized spacial score (nSPS) is 14.1. The summed E-state index contributed by atoms with van der Waals surface area (Å²) in [5.41, 5.74) is 0. The molecular weight excluding hydrogens is 1290 g/mol. The zero-order valence-corrected chi connectivity index (χ0v) is 66.4. The summed E-state index contributed by atoms with van der Waals surface area (Å²) in [5, 5.41) is 10.6. The fourth-order valence-corrected chi connectivity index (χ4v) is 14.0. The Bertz CT molecular complexity index is 1890. The van der Waals surface area contributed by atoms with Gasteiger partial charge in [0.1, 0.15) is 19.3 Å². The highest BCUT2D eigenvalue weighted by molar-refractivity contribution is 7.47. The zero-order valence-electron chi connectivity index (χ0n) is 64.6. The van der Waals surface area contributed by atoms with E-state index in [-0.39, 0.29) is 25.7 Å². The molecule has 99 heavy (non-hydrogen) atoms. The molecule has 0 spiro atoms. The van der Waals surface area contributed by atoms with E-state index >= 15 is 0 Å². The van der Waals surface area contributed by atoms with E-state index in [4.69, 9.17) is 37.0 Å². The molecule has 3 unspecified atom stereocenters. The molecule has 0 aromatic carbocycles. The molecule has 3 N–H and O–H groups in total. The lowest BCUT2D eigenvalue weighted by Gasteiger charge is -2.21. The Hall–Kier alpha value is -1.94. The number of carbonyl (C=O) groups excluding carboxylic acids is 4. The molecule has 19 heteroatoms. The largest absolute Gasteiger partial charge is 0.472 e. The molecule has 0 heterocycles. The van der Waals surface area contributed by atoms with E-state index in [1.54, 1.807) is 0 Å². The van der Waals surface area contributed by atoms with E-state index in [2.05, 4.69) is 34.6 Å². The fourth-order valence-electron chi connectivity index (χ4n) is 12.4. The lowest BCUT2D eigenvalue weighted by molar-refractivity contribution is -0.161. The van der Waals surface area contributed by atoms with Gasteiger partial charge >= 0.3 is 39.5 Å². The van der Waals surface area contributed by atoms with Crippen LogP contribution >= 0.6 is 15.6 Å². The summed E-state index contributed by atoms with van der Waals surface area (Å²) >= 11 is 0. The van der Waals surface area contributed by atoms with Crippen molar-refractivity contribution in [2.75, 3.05) is 39.6 Å². The topological polar surface area (TPSA) is 237 Å². The van der Waals surface area contributed by atoms with Gasteiger partial charge in [0.25, 0.3) is 0 Å². The van der Waals surface area contributed by atoms with Crippen LogP contribution in [0.4, 0.5) is 0 Å². The molecule has 17 nitrogen and oxygen atoms in total. The number of aliphatic hydroxyl groups excluding tert-OH is 1. The molecule has 0 aromatic rings. The first-order valence-electron chi connectivity index (χ1n) is 41.7. The highest BCUT2D eigenvalue weighted by Crippen LogP contribution is 2.45. The number of carbonyl (C=O) groups is 4. The molecule has 0 radical (unpaired) electrons. The van der Waals surface area contributed by atoms with Gasteiger partial charge in [-0.15, -0.1) is 0 Å². The minimum atomic E-state index is -4.96. The number of phosphoric acid groups is 2. The molecule has 0 bridgehead atoms. The van der Waals surface area contributed by atoms with Crippen LogP contribution in [0.5, 0.6) is 0 Å². The minimum absolute atomic E-state index is 0.107. The maximum atomic E-state index is 13.1. The third-order valence-electron chi connectivity index (χ3n) is 19.1. The smallest absolute Gasteiger partial charge is 0.462 e. The third-order valence-corrected chi connectivity index (χ3v) is 21.0. The molecular formula is C80H156O17P2. The number of phosphoric ester groups is 2. The van der Waals surface area contributed by atoms with Crippen LogP contribution in [0.1, 0.15) is 426 Å². The van der Waals surface area contributed by atoms with Crippen LogP contribution in [0.2, 0.25) is 0 Å². The highest BCUT2D eigenvalue weighted by atomic mass is 31.2. The second-order valence-corrected chi connectivity index (χ2v) is 32.0. The molecule has 0 aromatic heterocycles. The highest BCUT2D eigenvalue weighted by Gasteiger charge is 2.30. The molecule has 0 aliphatic rings. The molecule has 588 valence electrons. The first kappa shape index (κ1) is 97.1. The van der Waals surface area contributed by atoms with Gasteiger partial charge in [0.15, 0.2) is 12.2 Å². The van der Waals surface area contributed by atoms with Crippen molar-refractivity contribution in [1.82, 2.24) is 0 Å². The summed E-state index contributed by atoms with van der Waals surface area (Å²) in [6.45, 7) is 7.29. The lowest BCUT2D eigenvalue weighted by atomic mass is 9.99. The van der Waals surface area contributed by atoms with Crippen molar-refractivity contribution >= 4 is 39.5 Å². The second kappa shape index (κ2) is 73.0. The summed E-state index contributed by atoms with van der Waals surface area (Å²) in [6.07, 6.45) is 64.3. The maximum Gasteiger partial charge on any atom is 0.472 e. The maximum absolute atomic E-state index is 13.1. The fraction of sp³-hybridized carbons (Fsp3) is 0.950. The van der Waals surface area contributed by atoms with Gasteiger partial charge in [0, 0.05) is 25.7 Å². The van der Waals surface area contributed by atoms with Gasteiger partial charge < -0.3 is 33.8 Å². The number of ether oxygens (including phenoxy) is 4. The quantitative estimate of drug-likeness (QED) is 0.0222. The van der Waals surface area contributed by atoms with Crippen LogP contribution in [0.25, 0.3) is 0 Å². The monoisotopic (exact) mass is 1450 g/mol. The van der Waals surface area contributed by atoms with Gasteiger partial charge in [-0.25, -0.2) is 9.13 Å². The van der Waals surface area contributed by atoms with Crippen molar-refractivity contribution < 1.29 is 80.2 Å². The van der Waals surface area contributed by atoms with Gasteiger partial charge in [0.05, 0.1) is 26.4 Å². The minimum Gasteiger partial charge on any atom is -0.462 e. The van der Waals surface area contributed by atoms with Crippen molar-refractivity contribution in [3.05, 3.63) is 0 Å². The Labute approximate surface area is 607 Å². The first-order valence-corrected chi connectivity index (χ1v) is 44.7. The number of rotatable bonds is 80. The SMILES string of the molecule is CCCCCCCCCCCCCCCCCCCCCCCCC(=O)O[C@H](COC(=O)CCCCCCCCCCCCCCCCC(C)CC)COP(=O)(O)OC[C@@H](O)COP(=O)(O)OC[C@@H](COC(=O)CCCCCCC)OC(=O)CCCCCCCCCCCCCCCC. The second-order valence-electron chi connectivity index (χ2n) is 29.1. The van der Waals surface area contributed by atoms with E-state index in [1.807, 2.05) is 0 Å². The van der Waals surface area contributed by atoms with Crippen LogP contribution < -0.4 is 0 Å². The average molecular weight is 1450 g/mol. The van der Waals surface area contributed by atoms with Gasteiger partial charge in [-0.1, -0.05) is 375 Å². The summed E-state index contributed by atoms with van der Waals surface area (Å²) in [4.78, 5) is 72.7. The number of hydrogen-bond donors (Lipinski definition) is 3. The first-order chi connectivity index (χ1) is 48.1. The molecule has 0 aliphatic heterocycles. The molecule has 0 saturated heterocycles. The number of hydrogen-bond acceptors (Lipinski definition) is 15. The Morgan fingerprint density at radius 3 is 0.717 bits per heavy atom. The van der Waals surface area contributed by atoms with Gasteiger partial charge in [-0.2, -0.15) is 0 Å². The number of unbranched alkanes of at least 4 members (excludes halogenated alkanes) is 51. The Kier molecular flexibility index (Phi) is 71.6. The van der Waals surface area contributed by atoms with Crippen molar-refractivity contribution in [2.45, 2.75) is 445 Å². The molecule has 0 fully saturated rings. The number of aliphatic hydroxyl groups is 1. The zero-order chi connectivity index (χ0) is 72.7. The van der Waals surface area contributed by atoms with Crippen LogP contribution in [0.3, 0.4) is 0 Å². The van der Waals surface area contributed by atoms with E-state index in [9.17, 15) is 43.2 Å². The standard InChI is InChI=1S/C80H156O17P2/c1-6-10-13-16-18-20-22-24-26-27-28-29-30-31-32-33-39-43-47-51-56-61-66-80(85)97-76(70-91-78(83)64-59-54-49-45-41-38-35-34-36-40-44-48-53-57-62-73(5)9-4)72-95-99(88,89)93-68-74(81)67-92-98(86,87)94-71-75(69-90-77(82)63-58-52-15-12-8-3)96-79(84)65-60-55-50-46-42-37-25-23-21-19-17-14-11-7-2/h73-76,81H,6-72H2,1-5H3,(H,86,87)(H,88,89)/t73?,74-,75+,76+/m0/s1. The van der Waals surface area contributed by atoms with Gasteiger partial charge in [0.2, 0.25) is 0 Å². The van der Waals surface area contributed by atoms with Crippen LogP contribution in [0, 0.1) is 5.92 Å². The molecule has 0 saturated carbocycles. The van der Waals surface area contributed by atoms with Crippen molar-refractivity contribution in [3.8, 4) is 0 Å². The molecule has 0 aliphatic carbocycles. The van der Waals surface area contributed by atoms with Gasteiger partial charge in [-0.05, 0) is 31.6 Å². The van der Waals surface area contributed by atoms with E-state index in [1.165, 1.54) is 244 Å². The Morgan fingerprint density at radius 2 is 0.485 bits per heavy atom. The van der Waals surface area contributed by atoms with Crippen LogP contribution in [0.15, 0.2) is 0 Å². The Balaban J connectivity index is 5.11. The molecule has 6 atom stereocenters. The molecule has 0 rings (SSSR count). The summed E-state index contributed by atoms with van der Waals surface area (Å²) in [5.74, 6) is -1.27. The predicted molar refractivity (Wildman–Crippen MR) is 405 cm³/mol. The van der Waals surface area contributed by atoms with E-state index in [0.717, 1.165) is 102 Å². The Morgan fingerprint density at radius 1 is 0.283 bits per heavy atom. The summed E-state index contributed by atoms with van der Waals surface area (Å²) < 4.78 is 68.4. The third kappa shape index (κ3) is 72.8. The van der Waals surface area contributed by atoms with E-state index < -0.39 is 97.5 Å². The average Bonchev–Trinajstić information content (AvgIpc) is 0.960. The summed E-state index contributed by atoms with van der Waals surface area (Å²) in [7, 11) is -9.91. The van der Waals surface area contributed by atoms with Crippen molar-refractivity contribution in [3.63, 3.8) is 0 Å². The van der Waals surface area contributed by atoms with Crippen LogP contribution in [-0.4, -0.2) is 96.7 Å². The van der Waals surface area contributed by atoms with Gasteiger partial charge in [-0.3, -0.25) is 37.3 Å².